The molecule has 0 amide bonds. The van der Waals surface area contributed by atoms with Gasteiger partial charge in [-0.2, -0.15) is 0 Å². The molecule has 1 aromatic rings. The van der Waals surface area contributed by atoms with Crippen LogP contribution in [-0.2, 0) is 6.42 Å². The normalized spacial score (nSPS) is 24.0. The fraction of sp³-hybridized carbons (Fsp3) is 0.636. The van der Waals surface area contributed by atoms with Gasteiger partial charge in [-0.1, -0.05) is 6.92 Å². The average Bonchev–Trinajstić information content (AvgIpc) is 2.63. The van der Waals surface area contributed by atoms with Gasteiger partial charge in [-0.15, -0.1) is 11.3 Å². The van der Waals surface area contributed by atoms with Gasteiger partial charge >= 0.3 is 0 Å². The quantitative estimate of drug-likeness (QED) is 0.771. The van der Waals surface area contributed by atoms with Crippen LogP contribution in [-0.4, -0.2) is 6.54 Å². The molecule has 0 radical (unpaired) electrons. The van der Waals surface area contributed by atoms with Crippen molar-refractivity contribution in [2.45, 2.75) is 32.1 Å². The van der Waals surface area contributed by atoms with Crippen LogP contribution in [0.3, 0.4) is 0 Å². The van der Waals surface area contributed by atoms with Crippen LogP contribution >= 0.6 is 11.3 Å². The van der Waals surface area contributed by atoms with Crippen molar-refractivity contribution in [3.63, 3.8) is 0 Å². The van der Waals surface area contributed by atoms with E-state index in [1.165, 1.54) is 19.3 Å². The first kappa shape index (κ1) is 9.22. The lowest BCUT2D eigenvalue weighted by Gasteiger charge is -2.26. The van der Waals surface area contributed by atoms with E-state index in [0.29, 0.717) is 5.92 Å². The molecule has 2 N–H and O–H groups in total. The minimum Gasteiger partial charge on any atom is -0.330 e. The molecule has 0 aromatic carbocycles. The smallest absolute Gasteiger partial charge is 0.0111 e. The van der Waals surface area contributed by atoms with Crippen molar-refractivity contribution >= 4 is 11.3 Å². The predicted octanol–water partition coefficient (Wildman–Crippen LogP) is 2.76. The van der Waals surface area contributed by atoms with Crippen molar-refractivity contribution in [2.24, 2.45) is 11.7 Å². The van der Waals surface area contributed by atoms with E-state index in [2.05, 4.69) is 18.4 Å². The molecule has 0 spiro atoms. The van der Waals surface area contributed by atoms with Crippen LogP contribution in [0.2, 0.25) is 0 Å². The fourth-order valence-electron chi connectivity index (χ4n) is 2.23. The van der Waals surface area contributed by atoms with Crippen LogP contribution in [0, 0.1) is 5.92 Å². The third kappa shape index (κ3) is 1.65. The van der Waals surface area contributed by atoms with Gasteiger partial charge < -0.3 is 5.73 Å². The highest BCUT2D eigenvalue weighted by molar-refractivity contribution is 7.10. The monoisotopic (exact) mass is 195 g/mol. The molecule has 2 unspecified atom stereocenters. The molecule has 0 bridgehead atoms. The summed E-state index contributed by atoms with van der Waals surface area (Å²) in [5, 5.41) is 2.23. The maximum atomic E-state index is 5.73. The van der Waals surface area contributed by atoms with Gasteiger partial charge in [0.1, 0.15) is 0 Å². The topological polar surface area (TPSA) is 26.0 Å². The molecule has 1 heterocycles. The fourth-order valence-corrected chi connectivity index (χ4v) is 3.46. The van der Waals surface area contributed by atoms with E-state index in [0.717, 1.165) is 12.5 Å². The Kier molecular flexibility index (Phi) is 2.70. The van der Waals surface area contributed by atoms with Crippen LogP contribution in [0.25, 0.3) is 0 Å². The second-order valence-corrected chi connectivity index (χ2v) is 4.97. The summed E-state index contributed by atoms with van der Waals surface area (Å²) in [6, 6.07) is 2.29. The second-order valence-electron chi connectivity index (χ2n) is 4.02. The third-order valence-corrected chi connectivity index (χ3v) is 4.23. The zero-order chi connectivity index (χ0) is 9.26. The van der Waals surface area contributed by atoms with E-state index in [1.807, 2.05) is 11.3 Å². The summed E-state index contributed by atoms with van der Waals surface area (Å²) >= 11 is 1.92. The standard InChI is InChI=1S/C11H17NS/c1-8(7-12)10-4-2-3-9-5-6-13-11(9)10/h5-6,8,10H,2-4,7,12H2,1H3. The summed E-state index contributed by atoms with van der Waals surface area (Å²) < 4.78 is 0. The molecule has 2 heteroatoms. The number of aryl methyl sites for hydroxylation is 1. The average molecular weight is 195 g/mol. The van der Waals surface area contributed by atoms with Gasteiger partial charge in [0.15, 0.2) is 0 Å². The van der Waals surface area contributed by atoms with Crippen molar-refractivity contribution in [1.82, 2.24) is 0 Å². The van der Waals surface area contributed by atoms with Gasteiger partial charge in [-0.3, -0.25) is 0 Å². The minimum absolute atomic E-state index is 0.651. The first-order valence-electron chi connectivity index (χ1n) is 5.09. The molecule has 1 nitrogen and oxygen atoms in total. The summed E-state index contributed by atoms with van der Waals surface area (Å²) in [6.07, 6.45) is 3.97. The van der Waals surface area contributed by atoms with Crippen LogP contribution in [0.15, 0.2) is 11.4 Å². The molecule has 1 aliphatic rings. The molecule has 0 saturated heterocycles. The van der Waals surface area contributed by atoms with Gasteiger partial charge in [-0.25, -0.2) is 0 Å². The van der Waals surface area contributed by atoms with E-state index >= 15 is 0 Å². The van der Waals surface area contributed by atoms with Crippen LogP contribution < -0.4 is 5.73 Å². The van der Waals surface area contributed by atoms with Crippen molar-refractivity contribution in [1.29, 1.82) is 0 Å². The largest absolute Gasteiger partial charge is 0.330 e. The minimum atomic E-state index is 0.651. The summed E-state index contributed by atoms with van der Waals surface area (Å²) in [5.74, 6) is 1.39. The summed E-state index contributed by atoms with van der Waals surface area (Å²) in [6.45, 7) is 3.10. The van der Waals surface area contributed by atoms with E-state index < -0.39 is 0 Å². The molecular formula is C11H17NS. The molecule has 1 aromatic heterocycles. The van der Waals surface area contributed by atoms with E-state index in [-0.39, 0.29) is 0 Å². The molecule has 0 aliphatic heterocycles. The van der Waals surface area contributed by atoms with Crippen molar-refractivity contribution in [2.75, 3.05) is 6.54 Å². The van der Waals surface area contributed by atoms with E-state index in [1.54, 1.807) is 10.4 Å². The van der Waals surface area contributed by atoms with E-state index in [9.17, 15) is 0 Å². The van der Waals surface area contributed by atoms with Gasteiger partial charge in [0.25, 0.3) is 0 Å². The number of rotatable bonds is 2. The Labute approximate surface area is 84.0 Å². The molecule has 1 aliphatic carbocycles. The van der Waals surface area contributed by atoms with Gasteiger partial charge in [0.05, 0.1) is 0 Å². The zero-order valence-corrected chi connectivity index (χ0v) is 8.94. The lowest BCUT2D eigenvalue weighted by atomic mass is 9.81. The summed E-state index contributed by atoms with van der Waals surface area (Å²) in [7, 11) is 0. The Morgan fingerprint density at radius 2 is 2.54 bits per heavy atom. The SMILES string of the molecule is CC(CN)C1CCCc2ccsc21. The van der Waals surface area contributed by atoms with Crippen molar-refractivity contribution in [3.8, 4) is 0 Å². The number of hydrogen-bond acceptors (Lipinski definition) is 2. The van der Waals surface area contributed by atoms with Crippen LogP contribution in [0.4, 0.5) is 0 Å². The first-order chi connectivity index (χ1) is 6.33. The second kappa shape index (κ2) is 3.81. The summed E-state index contributed by atoms with van der Waals surface area (Å²) in [5.41, 5.74) is 7.32. The Morgan fingerprint density at radius 1 is 1.69 bits per heavy atom. The number of hydrogen-bond donors (Lipinski definition) is 1. The van der Waals surface area contributed by atoms with E-state index in [4.69, 9.17) is 5.73 Å². The molecule has 2 atom stereocenters. The number of fused-ring (bicyclic) bond motifs is 1. The number of nitrogens with two attached hydrogens (primary N) is 1. The van der Waals surface area contributed by atoms with Gasteiger partial charge in [0.2, 0.25) is 0 Å². The highest BCUT2D eigenvalue weighted by atomic mass is 32.1. The molecular weight excluding hydrogens is 178 g/mol. The molecule has 13 heavy (non-hydrogen) atoms. The molecule has 0 fully saturated rings. The van der Waals surface area contributed by atoms with Crippen molar-refractivity contribution in [3.05, 3.63) is 21.9 Å². The van der Waals surface area contributed by atoms with Gasteiger partial charge in [-0.05, 0) is 54.7 Å². The predicted molar refractivity (Wildman–Crippen MR) is 58.2 cm³/mol. The lowest BCUT2D eigenvalue weighted by Crippen LogP contribution is -2.21. The number of thiophene rings is 1. The maximum Gasteiger partial charge on any atom is 0.0111 e. The molecule has 72 valence electrons. The Hall–Kier alpha value is -0.340. The Balaban J connectivity index is 2.24. The van der Waals surface area contributed by atoms with Gasteiger partial charge in [0, 0.05) is 4.88 Å². The third-order valence-electron chi connectivity index (χ3n) is 3.14. The lowest BCUT2D eigenvalue weighted by molar-refractivity contribution is 0.420. The molecule has 0 saturated carbocycles. The highest BCUT2D eigenvalue weighted by Gasteiger charge is 2.25. The van der Waals surface area contributed by atoms with Crippen LogP contribution in [0.5, 0.6) is 0 Å². The summed E-state index contributed by atoms with van der Waals surface area (Å²) in [4.78, 5) is 1.62. The van der Waals surface area contributed by atoms with Crippen LogP contribution in [0.1, 0.15) is 36.1 Å². The first-order valence-corrected chi connectivity index (χ1v) is 5.97. The van der Waals surface area contributed by atoms with Crippen molar-refractivity contribution < 1.29 is 0 Å². The Morgan fingerprint density at radius 3 is 3.31 bits per heavy atom. The maximum absolute atomic E-state index is 5.73. The highest BCUT2D eigenvalue weighted by Crippen LogP contribution is 2.39. The molecule has 2 rings (SSSR count). The zero-order valence-electron chi connectivity index (χ0n) is 8.12. The Bertz CT molecular complexity index is 279.